The van der Waals surface area contributed by atoms with Crippen LogP contribution in [0.25, 0.3) is 0 Å². The summed E-state index contributed by atoms with van der Waals surface area (Å²) in [4.78, 5) is 14.1. The Bertz CT molecular complexity index is 502. The zero-order valence-electron chi connectivity index (χ0n) is 13.0. The lowest BCUT2D eigenvalue weighted by Crippen LogP contribution is -2.38. The van der Waals surface area contributed by atoms with Crippen molar-refractivity contribution in [2.75, 3.05) is 26.8 Å². The highest BCUT2D eigenvalue weighted by Gasteiger charge is 2.24. The minimum Gasteiger partial charge on any atom is -0.486 e. The van der Waals surface area contributed by atoms with Crippen molar-refractivity contribution in [1.82, 2.24) is 4.90 Å². The van der Waals surface area contributed by atoms with Gasteiger partial charge in [-0.25, -0.2) is 0 Å². The van der Waals surface area contributed by atoms with Crippen LogP contribution in [0, 0.1) is 11.8 Å². The molecule has 116 valence electrons. The van der Waals surface area contributed by atoms with Crippen molar-refractivity contribution < 1.29 is 14.3 Å². The van der Waals surface area contributed by atoms with Gasteiger partial charge in [0.15, 0.2) is 11.5 Å². The molecule has 1 amide bonds. The quantitative estimate of drug-likeness (QED) is 0.896. The van der Waals surface area contributed by atoms with Gasteiger partial charge in [0, 0.05) is 20.1 Å². The van der Waals surface area contributed by atoms with Gasteiger partial charge in [-0.05, 0) is 23.6 Å². The molecule has 2 N–H and O–H groups in total. The van der Waals surface area contributed by atoms with Crippen LogP contribution in [0.15, 0.2) is 18.2 Å². The summed E-state index contributed by atoms with van der Waals surface area (Å²) in [6, 6.07) is 5.79. The van der Waals surface area contributed by atoms with Crippen molar-refractivity contribution in [3.63, 3.8) is 0 Å². The lowest BCUT2D eigenvalue weighted by molar-refractivity contribution is -0.135. The summed E-state index contributed by atoms with van der Waals surface area (Å²) in [5.41, 5.74) is 6.74. The fourth-order valence-corrected chi connectivity index (χ4v) is 2.48. The summed E-state index contributed by atoms with van der Waals surface area (Å²) >= 11 is 0. The number of rotatable bonds is 5. The number of ether oxygens (including phenoxy) is 2. The Labute approximate surface area is 126 Å². The molecule has 1 aliphatic rings. The highest BCUT2D eigenvalue weighted by molar-refractivity contribution is 5.79. The maximum absolute atomic E-state index is 12.4. The predicted molar refractivity (Wildman–Crippen MR) is 81.3 cm³/mol. The maximum Gasteiger partial charge on any atom is 0.227 e. The van der Waals surface area contributed by atoms with Gasteiger partial charge in [0.1, 0.15) is 13.2 Å². The third-order valence-electron chi connectivity index (χ3n) is 3.78. The molecule has 0 fully saturated rings. The monoisotopic (exact) mass is 292 g/mol. The first kappa shape index (κ1) is 15.6. The Morgan fingerprint density at radius 1 is 1.29 bits per heavy atom. The first-order chi connectivity index (χ1) is 10.0. The topological polar surface area (TPSA) is 64.8 Å². The minimum atomic E-state index is -0.132. The molecule has 0 aliphatic carbocycles. The molecule has 0 bridgehead atoms. The van der Waals surface area contributed by atoms with Crippen molar-refractivity contribution in [2.24, 2.45) is 17.6 Å². The Balaban J connectivity index is 2.05. The Morgan fingerprint density at radius 3 is 2.57 bits per heavy atom. The second kappa shape index (κ2) is 6.80. The minimum absolute atomic E-state index is 0.0855. The van der Waals surface area contributed by atoms with E-state index in [1.165, 1.54) is 0 Å². The van der Waals surface area contributed by atoms with E-state index in [-0.39, 0.29) is 17.7 Å². The number of hydrogen-bond donors (Lipinski definition) is 1. The van der Waals surface area contributed by atoms with E-state index < -0.39 is 0 Å². The highest BCUT2D eigenvalue weighted by Crippen LogP contribution is 2.31. The molecule has 5 nitrogen and oxygen atoms in total. The molecule has 0 saturated carbocycles. The van der Waals surface area contributed by atoms with Gasteiger partial charge in [-0.1, -0.05) is 19.9 Å². The van der Waals surface area contributed by atoms with Gasteiger partial charge in [0.2, 0.25) is 5.91 Å². The van der Waals surface area contributed by atoms with Crippen LogP contribution < -0.4 is 15.2 Å². The SMILES string of the molecule is CC(C)C(CN)C(=O)N(C)Cc1ccc2c(c1)OCCO2. The molecule has 1 heterocycles. The van der Waals surface area contributed by atoms with Gasteiger partial charge in [0.25, 0.3) is 0 Å². The molecule has 0 aromatic heterocycles. The zero-order valence-corrected chi connectivity index (χ0v) is 13.0. The number of nitrogens with two attached hydrogens (primary N) is 1. The highest BCUT2D eigenvalue weighted by atomic mass is 16.6. The maximum atomic E-state index is 12.4. The average molecular weight is 292 g/mol. The van der Waals surface area contributed by atoms with Crippen molar-refractivity contribution in [1.29, 1.82) is 0 Å². The Morgan fingerprint density at radius 2 is 1.95 bits per heavy atom. The molecule has 0 radical (unpaired) electrons. The first-order valence-corrected chi connectivity index (χ1v) is 7.36. The van der Waals surface area contributed by atoms with E-state index in [9.17, 15) is 4.79 Å². The zero-order chi connectivity index (χ0) is 15.4. The normalized spacial score (nSPS) is 14.9. The number of carbonyl (C=O) groups is 1. The fourth-order valence-electron chi connectivity index (χ4n) is 2.48. The molecule has 5 heteroatoms. The summed E-state index contributed by atoms with van der Waals surface area (Å²) in [5, 5.41) is 0. The fraction of sp³-hybridized carbons (Fsp3) is 0.562. The molecule has 1 unspecified atom stereocenters. The van der Waals surface area contributed by atoms with E-state index in [1.807, 2.05) is 39.1 Å². The van der Waals surface area contributed by atoms with Crippen molar-refractivity contribution in [2.45, 2.75) is 20.4 Å². The third-order valence-corrected chi connectivity index (χ3v) is 3.78. The largest absolute Gasteiger partial charge is 0.486 e. The summed E-state index contributed by atoms with van der Waals surface area (Å²) in [6.07, 6.45) is 0. The van der Waals surface area contributed by atoms with E-state index in [2.05, 4.69) is 0 Å². The lowest BCUT2D eigenvalue weighted by atomic mass is 9.94. The predicted octanol–water partition coefficient (Wildman–Crippen LogP) is 1.65. The summed E-state index contributed by atoms with van der Waals surface area (Å²) in [5.74, 6) is 1.71. The van der Waals surface area contributed by atoms with Crippen LogP contribution in [0.5, 0.6) is 11.5 Å². The summed E-state index contributed by atoms with van der Waals surface area (Å²) in [7, 11) is 1.81. The molecule has 0 saturated heterocycles. The van der Waals surface area contributed by atoms with Crippen LogP contribution in [-0.4, -0.2) is 37.6 Å². The average Bonchev–Trinajstić information content (AvgIpc) is 2.47. The van der Waals surface area contributed by atoms with Gasteiger partial charge in [-0.2, -0.15) is 0 Å². The van der Waals surface area contributed by atoms with Crippen molar-refractivity contribution in [3.05, 3.63) is 23.8 Å². The van der Waals surface area contributed by atoms with Gasteiger partial charge in [0.05, 0.1) is 5.92 Å². The molecule has 0 spiro atoms. The number of benzene rings is 1. The van der Waals surface area contributed by atoms with E-state index in [0.717, 1.165) is 17.1 Å². The summed E-state index contributed by atoms with van der Waals surface area (Å²) in [6.45, 7) is 6.10. The summed E-state index contributed by atoms with van der Waals surface area (Å²) < 4.78 is 11.1. The third kappa shape index (κ3) is 3.67. The van der Waals surface area contributed by atoms with Crippen LogP contribution in [0.2, 0.25) is 0 Å². The van der Waals surface area contributed by atoms with Gasteiger partial charge < -0.3 is 20.1 Å². The number of amides is 1. The van der Waals surface area contributed by atoms with E-state index >= 15 is 0 Å². The first-order valence-electron chi connectivity index (χ1n) is 7.36. The van der Waals surface area contributed by atoms with Crippen LogP contribution in [0.1, 0.15) is 19.4 Å². The number of fused-ring (bicyclic) bond motifs is 1. The van der Waals surface area contributed by atoms with Gasteiger partial charge >= 0.3 is 0 Å². The number of hydrogen-bond acceptors (Lipinski definition) is 4. The van der Waals surface area contributed by atoms with Crippen LogP contribution in [-0.2, 0) is 11.3 Å². The van der Waals surface area contributed by atoms with Crippen molar-refractivity contribution >= 4 is 5.91 Å². The van der Waals surface area contributed by atoms with E-state index in [4.69, 9.17) is 15.2 Å². The molecule has 1 aliphatic heterocycles. The van der Waals surface area contributed by atoms with Gasteiger partial charge in [-0.15, -0.1) is 0 Å². The van der Waals surface area contributed by atoms with E-state index in [0.29, 0.717) is 26.3 Å². The molecular weight excluding hydrogens is 268 g/mol. The smallest absolute Gasteiger partial charge is 0.227 e. The van der Waals surface area contributed by atoms with Crippen LogP contribution in [0.3, 0.4) is 0 Å². The molecule has 1 atom stereocenters. The van der Waals surface area contributed by atoms with Crippen LogP contribution in [0.4, 0.5) is 0 Å². The van der Waals surface area contributed by atoms with Crippen molar-refractivity contribution in [3.8, 4) is 11.5 Å². The number of nitrogens with zero attached hydrogens (tertiary/aromatic N) is 1. The standard InChI is InChI=1S/C16H24N2O3/c1-11(2)13(9-17)16(19)18(3)10-12-4-5-14-15(8-12)21-7-6-20-14/h4-5,8,11,13H,6-7,9-10,17H2,1-3H3. The molecular formula is C16H24N2O3. The molecule has 21 heavy (non-hydrogen) atoms. The van der Waals surface area contributed by atoms with Gasteiger partial charge in [-0.3, -0.25) is 4.79 Å². The Hall–Kier alpha value is -1.75. The second-order valence-corrected chi connectivity index (χ2v) is 5.76. The molecule has 2 rings (SSSR count). The van der Waals surface area contributed by atoms with E-state index in [1.54, 1.807) is 4.90 Å². The van der Waals surface area contributed by atoms with Crippen LogP contribution >= 0.6 is 0 Å². The lowest BCUT2D eigenvalue weighted by Gasteiger charge is -2.26. The molecule has 1 aromatic carbocycles. The second-order valence-electron chi connectivity index (χ2n) is 5.76. The Kier molecular flexibility index (Phi) is 5.07. The molecule has 1 aromatic rings. The number of carbonyl (C=O) groups excluding carboxylic acids is 1.